The Hall–Kier alpha value is -2.67. The first-order valence-electron chi connectivity index (χ1n) is 10.1. The molecule has 29 heavy (non-hydrogen) atoms. The van der Waals surface area contributed by atoms with E-state index >= 15 is 0 Å². The van der Waals surface area contributed by atoms with E-state index < -0.39 is 0 Å². The third-order valence-electron chi connectivity index (χ3n) is 5.98. The number of nitrogens with one attached hydrogen (secondary N) is 1. The van der Waals surface area contributed by atoms with E-state index in [9.17, 15) is 14.4 Å². The highest BCUT2D eigenvalue weighted by Crippen LogP contribution is 2.38. The maximum atomic E-state index is 12.6. The summed E-state index contributed by atoms with van der Waals surface area (Å²) in [5.74, 6) is 0.0101. The Morgan fingerprint density at radius 2 is 2.03 bits per heavy atom. The van der Waals surface area contributed by atoms with Gasteiger partial charge < -0.3 is 15.1 Å². The maximum Gasteiger partial charge on any atom is 0.230 e. The first-order chi connectivity index (χ1) is 14.1. The van der Waals surface area contributed by atoms with Crippen LogP contribution in [0.25, 0.3) is 0 Å². The van der Waals surface area contributed by atoms with Gasteiger partial charge in [-0.05, 0) is 54.5 Å². The van der Waals surface area contributed by atoms with Gasteiger partial charge in [0.15, 0.2) is 0 Å². The number of thiophene rings is 1. The van der Waals surface area contributed by atoms with Crippen molar-refractivity contribution in [3.8, 4) is 0 Å². The minimum absolute atomic E-state index is 0.0230. The van der Waals surface area contributed by atoms with Crippen LogP contribution >= 0.6 is 11.3 Å². The number of carbonyl (C=O) groups is 3. The van der Waals surface area contributed by atoms with Crippen LogP contribution in [0.15, 0.2) is 35.7 Å². The first-order valence-corrected chi connectivity index (χ1v) is 11.0. The zero-order valence-electron chi connectivity index (χ0n) is 16.1. The Labute approximate surface area is 173 Å². The average molecular weight is 410 g/mol. The highest BCUT2D eigenvalue weighted by atomic mass is 32.1. The molecule has 3 aliphatic rings. The first kappa shape index (κ1) is 18.4. The van der Waals surface area contributed by atoms with E-state index in [1.165, 1.54) is 0 Å². The fourth-order valence-electron chi connectivity index (χ4n) is 4.20. The molecule has 1 N–H and O–H groups in total. The predicted octanol–water partition coefficient (Wildman–Crippen LogP) is 2.72. The van der Waals surface area contributed by atoms with Gasteiger partial charge in [0.05, 0.1) is 12.5 Å². The fourth-order valence-corrected chi connectivity index (χ4v) is 4.84. The van der Waals surface area contributed by atoms with Crippen molar-refractivity contribution in [3.63, 3.8) is 0 Å². The molecule has 3 amide bonds. The Bertz CT molecular complexity index is 968. The number of hydrogen-bond donors (Lipinski definition) is 1. The van der Waals surface area contributed by atoms with E-state index in [2.05, 4.69) is 5.32 Å². The summed E-state index contributed by atoms with van der Waals surface area (Å²) in [5, 5.41) is 4.93. The number of anilines is 2. The molecule has 2 aromatic rings. The Morgan fingerprint density at radius 3 is 2.79 bits per heavy atom. The second-order valence-electron chi connectivity index (χ2n) is 8.03. The van der Waals surface area contributed by atoms with Crippen LogP contribution in [0.4, 0.5) is 11.4 Å². The van der Waals surface area contributed by atoms with Gasteiger partial charge in [-0.2, -0.15) is 0 Å². The molecule has 1 saturated heterocycles. The Kier molecular flexibility index (Phi) is 4.62. The summed E-state index contributed by atoms with van der Waals surface area (Å²) in [7, 11) is 0. The molecule has 0 spiro atoms. The molecule has 1 aromatic heterocycles. The lowest BCUT2D eigenvalue weighted by molar-refractivity contribution is -0.126. The largest absolute Gasteiger partial charge is 0.351 e. The molecule has 3 heterocycles. The van der Waals surface area contributed by atoms with E-state index in [-0.39, 0.29) is 36.0 Å². The van der Waals surface area contributed by atoms with Gasteiger partial charge in [0.2, 0.25) is 17.7 Å². The Morgan fingerprint density at radius 1 is 1.17 bits per heavy atom. The lowest BCUT2D eigenvalue weighted by Gasteiger charge is -2.20. The van der Waals surface area contributed by atoms with Crippen LogP contribution in [0.1, 0.15) is 29.7 Å². The second-order valence-corrected chi connectivity index (χ2v) is 9.06. The smallest absolute Gasteiger partial charge is 0.230 e. The molecule has 1 aromatic carbocycles. The SMILES string of the molecule is O=C(NCc1cccs1)C1CC(=O)N(c2ccc3c(c2)CCN3C(=O)C2CC2)C1. The van der Waals surface area contributed by atoms with Crippen LogP contribution in [0, 0.1) is 11.8 Å². The van der Waals surface area contributed by atoms with Crippen molar-refractivity contribution < 1.29 is 14.4 Å². The van der Waals surface area contributed by atoms with E-state index in [1.54, 1.807) is 16.2 Å². The molecule has 0 bridgehead atoms. The highest BCUT2D eigenvalue weighted by Gasteiger charge is 2.38. The summed E-state index contributed by atoms with van der Waals surface area (Å²) in [4.78, 5) is 42.2. The minimum Gasteiger partial charge on any atom is -0.351 e. The standard InChI is InChI=1S/C22H23N3O3S/c26-20-11-16(21(27)23-12-18-2-1-9-29-18)13-25(20)17-5-6-19-15(10-17)7-8-24(19)22(28)14-3-4-14/h1-2,5-6,9-10,14,16H,3-4,7-8,11-13H2,(H,23,27). The summed E-state index contributed by atoms with van der Waals surface area (Å²) in [6, 6.07) is 9.81. The highest BCUT2D eigenvalue weighted by molar-refractivity contribution is 7.09. The number of benzene rings is 1. The zero-order valence-corrected chi connectivity index (χ0v) is 16.9. The molecule has 7 heteroatoms. The van der Waals surface area contributed by atoms with Crippen molar-refractivity contribution in [2.24, 2.45) is 11.8 Å². The number of hydrogen-bond acceptors (Lipinski definition) is 4. The lowest BCUT2D eigenvalue weighted by atomic mass is 10.1. The number of rotatable bonds is 5. The minimum atomic E-state index is -0.330. The third kappa shape index (κ3) is 3.55. The summed E-state index contributed by atoms with van der Waals surface area (Å²) in [5.41, 5.74) is 2.90. The molecule has 5 rings (SSSR count). The molecule has 2 aliphatic heterocycles. The van der Waals surface area contributed by atoms with E-state index in [4.69, 9.17) is 0 Å². The van der Waals surface area contributed by atoms with Gasteiger partial charge in [-0.1, -0.05) is 6.07 Å². The van der Waals surface area contributed by atoms with Crippen LogP contribution < -0.4 is 15.1 Å². The molecular weight excluding hydrogens is 386 g/mol. The van der Waals surface area contributed by atoms with E-state index in [1.807, 2.05) is 40.6 Å². The molecular formula is C22H23N3O3S. The third-order valence-corrected chi connectivity index (χ3v) is 6.85. The van der Waals surface area contributed by atoms with Gasteiger partial charge in [0, 0.05) is 41.7 Å². The summed E-state index contributed by atoms with van der Waals surface area (Å²) in [6.07, 6.45) is 3.05. The molecule has 1 unspecified atom stereocenters. The summed E-state index contributed by atoms with van der Waals surface area (Å²) < 4.78 is 0. The van der Waals surface area contributed by atoms with E-state index in [0.29, 0.717) is 13.1 Å². The van der Waals surface area contributed by atoms with Gasteiger partial charge in [-0.3, -0.25) is 14.4 Å². The summed E-state index contributed by atoms with van der Waals surface area (Å²) >= 11 is 1.60. The number of nitrogens with zero attached hydrogens (tertiary/aromatic N) is 2. The molecule has 1 atom stereocenters. The number of amides is 3. The van der Waals surface area contributed by atoms with Gasteiger partial charge in [-0.25, -0.2) is 0 Å². The van der Waals surface area contributed by atoms with Crippen molar-refractivity contribution in [2.75, 3.05) is 22.9 Å². The van der Waals surface area contributed by atoms with Gasteiger partial charge >= 0.3 is 0 Å². The number of fused-ring (bicyclic) bond motifs is 1. The monoisotopic (exact) mass is 409 g/mol. The molecule has 1 saturated carbocycles. The van der Waals surface area contributed by atoms with Crippen LogP contribution in [0.2, 0.25) is 0 Å². The average Bonchev–Trinajstić information content (AvgIpc) is 3.12. The topological polar surface area (TPSA) is 69.7 Å². The Balaban J connectivity index is 1.26. The van der Waals surface area contributed by atoms with Crippen molar-refractivity contribution >= 4 is 40.4 Å². The quantitative estimate of drug-likeness (QED) is 0.826. The molecule has 6 nitrogen and oxygen atoms in total. The fraction of sp³-hybridized carbons (Fsp3) is 0.409. The van der Waals surface area contributed by atoms with Crippen molar-refractivity contribution in [1.82, 2.24) is 5.32 Å². The molecule has 1 aliphatic carbocycles. The van der Waals surface area contributed by atoms with Gasteiger partial charge in [0.25, 0.3) is 0 Å². The van der Waals surface area contributed by atoms with Gasteiger partial charge in [0.1, 0.15) is 0 Å². The predicted molar refractivity (Wildman–Crippen MR) is 112 cm³/mol. The number of carbonyl (C=O) groups excluding carboxylic acids is 3. The molecule has 2 fully saturated rings. The normalized spacial score (nSPS) is 20.8. The molecule has 0 radical (unpaired) electrons. The van der Waals surface area contributed by atoms with E-state index in [0.717, 1.165) is 47.6 Å². The zero-order chi connectivity index (χ0) is 20.0. The lowest BCUT2D eigenvalue weighted by Crippen LogP contribution is -2.32. The van der Waals surface area contributed by atoms with Crippen LogP contribution in [0.5, 0.6) is 0 Å². The van der Waals surface area contributed by atoms with Crippen LogP contribution in [-0.4, -0.2) is 30.8 Å². The van der Waals surface area contributed by atoms with Crippen LogP contribution in [0.3, 0.4) is 0 Å². The van der Waals surface area contributed by atoms with Crippen LogP contribution in [-0.2, 0) is 27.3 Å². The summed E-state index contributed by atoms with van der Waals surface area (Å²) in [6.45, 7) is 1.62. The van der Waals surface area contributed by atoms with Gasteiger partial charge in [-0.15, -0.1) is 11.3 Å². The van der Waals surface area contributed by atoms with Crippen molar-refractivity contribution in [1.29, 1.82) is 0 Å². The van der Waals surface area contributed by atoms with Crippen molar-refractivity contribution in [3.05, 3.63) is 46.2 Å². The molecule has 150 valence electrons. The van der Waals surface area contributed by atoms with Crippen molar-refractivity contribution in [2.45, 2.75) is 32.2 Å². The maximum absolute atomic E-state index is 12.6. The second kappa shape index (κ2) is 7.30.